The van der Waals surface area contributed by atoms with Gasteiger partial charge in [0, 0.05) is 10.6 Å². The molecule has 1 unspecified atom stereocenters. The van der Waals surface area contributed by atoms with Gasteiger partial charge < -0.3 is 5.11 Å². The summed E-state index contributed by atoms with van der Waals surface area (Å²) in [4.78, 5) is 1.24. The SMILES string of the molecule is Cc1ccc(CSc2ccc(C(C)O)cc2)cc1. The average Bonchev–Trinajstić information content (AvgIpc) is 2.38. The fourth-order valence-electron chi connectivity index (χ4n) is 1.69. The van der Waals surface area contributed by atoms with E-state index in [0.717, 1.165) is 11.3 Å². The van der Waals surface area contributed by atoms with Gasteiger partial charge in [0.05, 0.1) is 6.10 Å². The quantitative estimate of drug-likeness (QED) is 0.823. The molecule has 0 bridgehead atoms. The average molecular weight is 258 g/mol. The van der Waals surface area contributed by atoms with Crippen LogP contribution in [0.25, 0.3) is 0 Å². The second kappa shape index (κ2) is 6.07. The van der Waals surface area contributed by atoms with Gasteiger partial charge in [0.25, 0.3) is 0 Å². The molecule has 2 heteroatoms. The molecule has 0 aliphatic rings. The van der Waals surface area contributed by atoms with Gasteiger partial charge in [-0.2, -0.15) is 0 Å². The van der Waals surface area contributed by atoms with Gasteiger partial charge in [0.1, 0.15) is 0 Å². The summed E-state index contributed by atoms with van der Waals surface area (Å²) in [6, 6.07) is 16.8. The van der Waals surface area contributed by atoms with Crippen molar-refractivity contribution in [3.8, 4) is 0 Å². The van der Waals surface area contributed by atoms with Crippen LogP contribution in [0.1, 0.15) is 29.7 Å². The van der Waals surface area contributed by atoms with Crippen LogP contribution in [-0.2, 0) is 5.75 Å². The molecular weight excluding hydrogens is 240 g/mol. The summed E-state index contributed by atoms with van der Waals surface area (Å²) in [5.41, 5.74) is 3.60. The lowest BCUT2D eigenvalue weighted by Gasteiger charge is -2.06. The molecule has 0 amide bonds. The Bertz CT molecular complexity index is 486. The molecule has 0 saturated heterocycles. The van der Waals surface area contributed by atoms with Gasteiger partial charge in [0.15, 0.2) is 0 Å². The summed E-state index contributed by atoms with van der Waals surface area (Å²) in [5, 5.41) is 9.44. The highest BCUT2D eigenvalue weighted by atomic mass is 32.2. The predicted octanol–water partition coefficient (Wildman–Crippen LogP) is 4.34. The molecule has 0 heterocycles. The smallest absolute Gasteiger partial charge is 0.0761 e. The van der Waals surface area contributed by atoms with Crippen LogP contribution < -0.4 is 0 Å². The minimum Gasteiger partial charge on any atom is -0.389 e. The summed E-state index contributed by atoms with van der Waals surface area (Å²) in [6.07, 6.45) is -0.388. The fraction of sp³-hybridized carbons (Fsp3) is 0.250. The molecule has 0 aliphatic carbocycles. The maximum absolute atomic E-state index is 9.44. The van der Waals surface area contributed by atoms with E-state index in [1.807, 2.05) is 23.9 Å². The van der Waals surface area contributed by atoms with Gasteiger partial charge in [0.2, 0.25) is 0 Å². The van der Waals surface area contributed by atoms with Crippen molar-refractivity contribution >= 4 is 11.8 Å². The molecule has 2 aromatic rings. The van der Waals surface area contributed by atoms with Crippen molar-refractivity contribution in [3.63, 3.8) is 0 Å². The van der Waals surface area contributed by atoms with Gasteiger partial charge in [-0.15, -0.1) is 11.8 Å². The van der Waals surface area contributed by atoms with E-state index >= 15 is 0 Å². The number of thioether (sulfide) groups is 1. The maximum atomic E-state index is 9.44. The first-order chi connectivity index (χ1) is 8.65. The molecule has 0 fully saturated rings. The molecular formula is C16H18OS. The molecule has 0 spiro atoms. The number of rotatable bonds is 4. The highest BCUT2D eigenvalue weighted by Gasteiger charge is 2.01. The number of hydrogen-bond donors (Lipinski definition) is 1. The molecule has 1 atom stereocenters. The van der Waals surface area contributed by atoms with Crippen molar-refractivity contribution < 1.29 is 5.11 Å². The predicted molar refractivity (Wildman–Crippen MR) is 77.8 cm³/mol. The summed E-state index contributed by atoms with van der Waals surface area (Å²) in [5.74, 6) is 0.980. The number of aliphatic hydroxyl groups excluding tert-OH is 1. The van der Waals surface area contributed by atoms with E-state index < -0.39 is 0 Å². The van der Waals surface area contributed by atoms with Crippen LogP contribution in [0.2, 0.25) is 0 Å². The van der Waals surface area contributed by atoms with E-state index in [-0.39, 0.29) is 6.10 Å². The van der Waals surface area contributed by atoms with Gasteiger partial charge in [-0.1, -0.05) is 42.0 Å². The largest absolute Gasteiger partial charge is 0.389 e. The van der Waals surface area contributed by atoms with Crippen molar-refractivity contribution in [1.82, 2.24) is 0 Å². The van der Waals surface area contributed by atoms with Gasteiger partial charge in [-0.25, -0.2) is 0 Å². The van der Waals surface area contributed by atoms with E-state index in [1.54, 1.807) is 6.92 Å². The molecule has 0 radical (unpaired) electrons. The Morgan fingerprint density at radius 2 is 1.61 bits per heavy atom. The van der Waals surface area contributed by atoms with Crippen molar-refractivity contribution in [3.05, 3.63) is 65.2 Å². The first kappa shape index (κ1) is 13.2. The summed E-state index contributed by atoms with van der Waals surface area (Å²) >= 11 is 1.82. The van der Waals surface area contributed by atoms with Crippen LogP contribution in [-0.4, -0.2) is 5.11 Å². The van der Waals surface area contributed by atoms with E-state index in [4.69, 9.17) is 0 Å². The van der Waals surface area contributed by atoms with Crippen LogP contribution in [0.3, 0.4) is 0 Å². The van der Waals surface area contributed by atoms with Gasteiger partial charge >= 0.3 is 0 Å². The number of aryl methyl sites for hydroxylation is 1. The highest BCUT2D eigenvalue weighted by molar-refractivity contribution is 7.98. The minimum absolute atomic E-state index is 0.388. The summed E-state index contributed by atoms with van der Waals surface area (Å²) < 4.78 is 0. The Morgan fingerprint density at radius 3 is 2.17 bits per heavy atom. The Balaban J connectivity index is 1.95. The normalized spacial score (nSPS) is 12.4. The van der Waals surface area contributed by atoms with Crippen LogP contribution >= 0.6 is 11.8 Å². The molecule has 94 valence electrons. The van der Waals surface area contributed by atoms with Crippen molar-refractivity contribution in [2.75, 3.05) is 0 Å². The second-order valence-corrected chi connectivity index (χ2v) is 5.57. The molecule has 0 aliphatic heterocycles. The van der Waals surface area contributed by atoms with Crippen molar-refractivity contribution in [2.24, 2.45) is 0 Å². The Labute approximate surface area is 113 Å². The zero-order valence-electron chi connectivity index (χ0n) is 10.8. The monoisotopic (exact) mass is 258 g/mol. The third-order valence-corrected chi connectivity index (χ3v) is 3.97. The molecule has 18 heavy (non-hydrogen) atoms. The maximum Gasteiger partial charge on any atom is 0.0761 e. The first-order valence-electron chi connectivity index (χ1n) is 6.11. The van der Waals surface area contributed by atoms with E-state index in [2.05, 4.69) is 43.3 Å². The lowest BCUT2D eigenvalue weighted by Crippen LogP contribution is -1.89. The van der Waals surface area contributed by atoms with Crippen LogP contribution in [0.5, 0.6) is 0 Å². The third-order valence-electron chi connectivity index (χ3n) is 2.89. The first-order valence-corrected chi connectivity index (χ1v) is 7.10. The topological polar surface area (TPSA) is 20.2 Å². The van der Waals surface area contributed by atoms with Gasteiger partial charge in [-0.3, -0.25) is 0 Å². The molecule has 0 saturated carbocycles. The van der Waals surface area contributed by atoms with Crippen LogP contribution in [0, 0.1) is 6.92 Å². The second-order valence-electron chi connectivity index (χ2n) is 4.52. The minimum atomic E-state index is -0.388. The number of aliphatic hydroxyl groups is 1. The lowest BCUT2D eigenvalue weighted by molar-refractivity contribution is 0.199. The molecule has 1 nitrogen and oxygen atoms in total. The summed E-state index contributed by atoms with van der Waals surface area (Å²) in [6.45, 7) is 3.89. The Morgan fingerprint density at radius 1 is 1.00 bits per heavy atom. The highest BCUT2D eigenvalue weighted by Crippen LogP contribution is 2.24. The zero-order valence-corrected chi connectivity index (χ0v) is 11.6. The van der Waals surface area contributed by atoms with Crippen LogP contribution in [0.4, 0.5) is 0 Å². The zero-order chi connectivity index (χ0) is 13.0. The molecule has 0 aromatic heterocycles. The van der Waals surface area contributed by atoms with E-state index in [0.29, 0.717) is 0 Å². The number of hydrogen-bond acceptors (Lipinski definition) is 2. The number of benzene rings is 2. The third kappa shape index (κ3) is 3.62. The van der Waals surface area contributed by atoms with Crippen molar-refractivity contribution in [1.29, 1.82) is 0 Å². The van der Waals surface area contributed by atoms with E-state index in [9.17, 15) is 5.11 Å². The lowest BCUT2D eigenvalue weighted by atomic mass is 10.1. The molecule has 1 N–H and O–H groups in total. The molecule has 2 aromatic carbocycles. The standard InChI is InChI=1S/C16H18OS/c1-12-3-5-14(6-4-12)11-18-16-9-7-15(8-10-16)13(2)17/h3-10,13,17H,11H2,1-2H3. The van der Waals surface area contributed by atoms with Crippen molar-refractivity contribution in [2.45, 2.75) is 30.6 Å². The van der Waals surface area contributed by atoms with E-state index in [1.165, 1.54) is 16.0 Å². The molecule has 2 rings (SSSR count). The fourth-order valence-corrected chi connectivity index (χ4v) is 2.55. The van der Waals surface area contributed by atoms with Gasteiger partial charge in [-0.05, 0) is 37.1 Å². The Hall–Kier alpha value is -1.25. The Kier molecular flexibility index (Phi) is 4.45. The van der Waals surface area contributed by atoms with Crippen LogP contribution in [0.15, 0.2) is 53.4 Å². The summed E-state index contributed by atoms with van der Waals surface area (Å²) in [7, 11) is 0.